The quantitative estimate of drug-likeness (QED) is 0.857. The zero-order valence-electron chi connectivity index (χ0n) is 12.7. The number of allylic oxidation sites excluding steroid dienone is 2. The Kier molecular flexibility index (Phi) is 3.62. The van der Waals surface area contributed by atoms with Gasteiger partial charge in [-0.3, -0.25) is 4.79 Å². The lowest BCUT2D eigenvalue weighted by Gasteiger charge is -2.19. The molecule has 3 rings (SSSR count). The molecule has 1 aromatic rings. The molecule has 4 nitrogen and oxygen atoms in total. The van der Waals surface area contributed by atoms with E-state index in [1.54, 1.807) is 21.3 Å². The molecule has 0 saturated heterocycles. The molecule has 21 heavy (non-hydrogen) atoms. The standard InChI is InChI=1S/C17H20O4/c1-19-14-9-10-7-8-13(18)11-5-4-6-12(11)15(10)17(21-3)16(14)20-2/h9H,4-8H2,1-3H3. The largest absolute Gasteiger partial charge is 0.493 e. The van der Waals surface area contributed by atoms with E-state index in [0.29, 0.717) is 23.7 Å². The van der Waals surface area contributed by atoms with Crippen LogP contribution in [0.15, 0.2) is 11.6 Å². The fourth-order valence-corrected chi connectivity index (χ4v) is 3.46. The van der Waals surface area contributed by atoms with Gasteiger partial charge in [-0.15, -0.1) is 0 Å². The summed E-state index contributed by atoms with van der Waals surface area (Å²) < 4.78 is 16.5. The van der Waals surface area contributed by atoms with Gasteiger partial charge in [-0.1, -0.05) is 0 Å². The number of fused-ring (bicyclic) bond motifs is 2. The van der Waals surface area contributed by atoms with Crippen LogP contribution in [0, 0.1) is 0 Å². The molecule has 2 aliphatic rings. The van der Waals surface area contributed by atoms with Crippen LogP contribution in [0.25, 0.3) is 5.57 Å². The molecule has 0 spiro atoms. The Morgan fingerprint density at radius 2 is 1.57 bits per heavy atom. The number of carbonyl (C=O) groups is 1. The summed E-state index contributed by atoms with van der Waals surface area (Å²) in [6, 6.07) is 1.98. The Morgan fingerprint density at radius 3 is 2.24 bits per heavy atom. The summed E-state index contributed by atoms with van der Waals surface area (Å²) in [5, 5.41) is 0. The van der Waals surface area contributed by atoms with Gasteiger partial charge in [0.15, 0.2) is 17.3 Å². The minimum absolute atomic E-state index is 0.277. The first kappa shape index (κ1) is 14.0. The maximum atomic E-state index is 12.3. The molecule has 0 aromatic heterocycles. The molecule has 0 radical (unpaired) electrons. The van der Waals surface area contributed by atoms with Crippen LogP contribution in [0.5, 0.6) is 17.2 Å². The number of carbonyl (C=O) groups excluding carboxylic acids is 1. The number of ether oxygens (including phenoxy) is 3. The van der Waals surface area contributed by atoms with Gasteiger partial charge < -0.3 is 14.2 Å². The molecule has 112 valence electrons. The van der Waals surface area contributed by atoms with Gasteiger partial charge in [0.2, 0.25) is 5.75 Å². The third-order valence-electron chi connectivity index (χ3n) is 4.39. The average Bonchev–Trinajstić information content (AvgIpc) is 2.95. The number of aryl methyl sites for hydroxylation is 1. The Balaban J connectivity index is 2.31. The van der Waals surface area contributed by atoms with Crippen LogP contribution in [0.3, 0.4) is 0 Å². The number of methoxy groups -OCH3 is 3. The van der Waals surface area contributed by atoms with Crippen molar-refractivity contribution in [3.8, 4) is 17.2 Å². The first-order valence-electron chi connectivity index (χ1n) is 7.28. The lowest BCUT2D eigenvalue weighted by molar-refractivity contribution is -0.115. The van der Waals surface area contributed by atoms with E-state index < -0.39 is 0 Å². The van der Waals surface area contributed by atoms with E-state index in [-0.39, 0.29) is 5.78 Å². The van der Waals surface area contributed by atoms with Crippen molar-refractivity contribution in [3.05, 3.63) is 22.8 Å². The van der Waals surface area contributed by atoms with Gasteiger partial charge in [0.25, 0.3) is 0 Å². The van der Waals surface area contributed by atoms with Crippen molar-refractivity contribution in [2.24, 2.45) is 0 Å². The van der Waals surface area contributed by atoms with Crippen molar-refractivity contribution in [2.45, 2.75) is 32.1 Å². The minimum Gasteiger partial charge on any atom is -0.493 e. The van der Waals surface area contributed by atoms with E-state index in [1.165, 1.54) is 0 Å². The van der Waals surface area contributed by atoms with Crippen LogP contribution in [0.1, 0.15) is 36.8 Å². The molecule has 0 atom stereocenters. The monoisotopic (exact) mass is 288 g/mol. The molecule has 0 aliphatic heterocycles. The van der Waals surface area contributed by atoms with E-state index in [4.69, 9.17) is 14.2 Å². The van der Waals surface area contributed by atoms with Crippen molar-refractivity contribution in [1.29, 1.82) is 0 Å². The summed E-state index contributed by atoms with van der Waals surface area (Å²) in [5.41, 5.74) is 4.29. The highest BCUT2D eigenvalue weighted by Gasteiger charge is 2.31. The van der Waals surface area contributed by atoms with Crippen LogP contribution in [0.2, 0.25) is 0 Å². The lowest BCUT2D eigenvalue weighted by atomic mass is 9.95. The highest BCUT2D eigenvalue weighted by molar-refractivity contribution is 6.05. The smallest absolute Gasteiger partial charge is 0.203 e. The molecule has 0 N–H and O–H groups in total. The second-order valence-electron chi connectivity index (χ2n) is 5.41. The molecule has 4 heteroatoms. The van der Waals surface area contributed by atoms with Gasteiger partial charge in [0.1, 0.15) is 0 Å². The fourth-order valence-electron chi connectivity index (χ4n) is 3.46. The average molecular weight is 288 g/mol. The Morgan fingerprint density at radius 1 is 0.857 bits per heavy atom. The normalized spacial score (nSPS) is 17.2. The van der Waals surface area contributed by atoms with Gasteiger partial charge in [0, 0.05) is 12.0 Å². The second-order valence-corrected chi connectivity index (χ2v) is 5.41. The van der Waals surface area contributed by atoms with E-state index in [9.17, 15) is 4.79 Å². The lowest BCUT2D eigenvalue weighted by Crippen LogP contribution is -2.02. The summed E-state index contributed by atoms with van der Waals surface area (Å²) in [7, 11) is 4.86. The van der Waals surface area contributed by atoms with Gasteiger partial charge in [-0.25, -0.2) is 0 Å². The summed E-state index contributed by atoms with van der Waals surface area (Å²) >= 11 is 0. The summed E-state index contributed by atoms with van der Waals surface area (Å²) in [6.07, 6.45) is 4.13. The van der Waals surface area contributed by atoms with Crippen molar-refractivity contribution in [3.63, 3.8) is 0 Å². The third kappa shape index (κ3) is 2.09. The highest BCUT2D eigenvalue weighted by atomic mass is 16.5. The first-order valence-corrected chi connectivity index (χ1v) is 7.28. The van der Waals surface area contributed by atoms with Gasteiger partial charge in [-0.05, 0) is 48.5 Å². The summed E-state index contributed by atoms with van der Waals surface area (Å²) in [5.74, 6) is 2.23. The van der Waals surface area contributed by atoms with Crippen LogP contribution in [-0.4, -0.2) is 27.1 Å². The number of hydrogen-bond acceptors (Lipinski definition) is 4. The number of ketones is 1. The van der Waals surface area contributed by atoms with Crippen LogP contribution in [0.4, 0.5) is 0 Å². The van der Waals surface area contributed by atoms with Crippen molar-refractivity contribution < 1.29 is 19.0 Å². The van der Waals surface area contributed by atoms with Gasteiger partial charge in [0.05, 0.1) is 21.3 Å². The van der Waals surface area contributed by atoms with E-state index in [1.807, 2.05) is 6.07 Å². The molecular formula is C17H20O4. The van der Waals surface area contributed by atoms with Crippen LogP contribution in [-0.2, 0) is 11.2 Å². The number of benzene rings is 1. The Labute approximate surface area is 124 Å². The fraction of sp³-hybridized carbons (Fsp3) is 0.471. The molecule has 0 saturated carbocycles. The van der Waals surface area contributed by atoms with Crippen molar-refractivity contribution >= 4 is 11.4 Å². The number of hydrogen-bond donors (Lipinski definition) is 0. The molecule has 0 fully saturated rings. The molecule has 0 amide bonds. The summed E-state index contributed by atoms with van der Waals surface area (Å²) in [6.45, 7) is 0. The van der Waals surface area contributed by atoms with E-state index in [0.717, 1.165) is 48.0 Å². The third-order valence-corrected chi connectivity index (χ3v) is 4.39. The SMILES string of the molecule is COc1cc2c(c(OC)c1OC)C1=C(CCC1)C(=O)CC2. The maximum Gasteiger partial charge on any atom is 0.203 e. The zero-order valence-corrected chi connectivity index (χ0v) is 12.7. The molecule has 1 aromatic carbocycles. The van der Waals surface area contributed by atoms with E-state index >= 15 is 0 Å². The van der Waals surface area contributed by atoms with Crippen LogP contribution < -0.4 is 14.2 Å². The molecule has 0 unspecified atom stereocenters. The number of Topliss-reactive ketones (excluding diaryl/α,β-unsaturated/α-hetero) is 1. The minimum atomic E-state index is 0.277. The predicted molar refractivity (Wildman–Crippen MR) is 80.2 cm³/mol. The Hall–Kier alpha value is -1.97. The highest BCUT2D eigenvalue weighted by Crippen LogP contribution is 2.50. The van der Waals surface area contributed by atoms with Crippen molar-refractivity contribution in [1.82, 2.24) is 0 Å². The van der Waals surface area contributed by atoms with Gasteiger partial charge >= 0.3 is 0 Å². The zero-order chi connectivity index (χ0) is 15.0. The Bertz CT molecular complexity index is 628. The maximum absolute atomic E-state index is 12.3. The molecule has 2 aliphatic carbocycles. The van der Waals surface area contributed by atoms with Crippen molar-refractivity contribution in [2.75, 3.05) is 21.3 Å². The molecule has 0 bridgehead atoms. The molecule has 0 heterocycles. The second kappa shape index (κ2) is 5.43. The number of rotatable bonds is 3. The first-order chi connectivity index (χ1) is 10.2. The van der Waals surface area contributed by atoms with Crippen LogP contribution >= 0.6 is 0 Å². The molecular weight excluding hydrogens is 268 g/mol. The topological polar surface area (TPSA) is 44.8 Å². The predicted octanol–water partition coefficient (Wildman–Crippen LogP) is 3.17. The summed E-state index contributed by atoms with van der Waals surface area (Å²) in [4.78, 5) is 12.3. The van der Waals surface area contributed by atoms with Gasteiger partial charge in [-0.2, -0.15) is 0 Å². The van der Waals surface area contributed by atoms with E-state index in [2.05, 4.69) is 0 Å².